The summed E-state index contributed by atoms with van der Waals surface area (Å²) in [6, 6.07) is 5.37. The van der Waals surface area contributed by atoms with Gasteiger partial charge in [-0.3, -0.25) is 4.79 Å². The lowest BCUT2D eigenvalue weighted by Gasteiger charge is -2.22. The van der Waals surface area contributed by atoms with Crippen molar-refractivity contribution in [2.45, 2.75) is 24.3 Å². The lowest BCUT2D eigenvalue weighted by Crippen LogP contribution is -2.41. The van der Waals surface area contributed by atoms with Crippen molar-refractivity contribution in [3.05, 3.63) is 24.3 Å². The first kappa shape index (κ1) is 15.8. The van der Waals surface area contributed by atoms with Gasteiger partial charge < -0.3 is 9.47 Å². The molecular weight excluding hydrogens is 294 g/mol. The Bertz CT molecular complexity index is 611. The van der Waals surface area contributed by atoms with E-state index < -0.39 is 22.0 Å². The first-order valence-corrected chi connectivity index (χ1v) is 8.08. The first-order chi connectivity index (χ1) is 9.90. The van der Waals surface area contributed by atoms with Crippen LogP contribution in [0.5, 0.6) is 5.75 Å². The van der Waals surface area contributed by atoms with Crippen LogP contribution in [-0.4, -0.2) is 45.5 Å². The fourth-order valence-electron chi connectivity index (χ4n) is 2.51. The highest BCUT2D eigenvalue weighted by atomic mass is 32.2. The Morgan fingerprint density at radius 1 is 1.24 bits per heavy atom. The fourth-order valence-corrected chi connectivity index (χ4v) is 4.21. The zero-order valence-electron chi connectivity index (χ0n) is 12.3. The molecule has 21 heavy (non-hydrogen) atoms. The van der Waals surface area contributed by atoms with Gasteiger partial charge in [-0.2, -0.15) is 4.31 Å². The summed E-state index contributed by atoms with van der Waals surface area (Å²) < 4.78 is 36.3. The Kier molecular flexibility index (Phi) is 4.53. The molecule has 7 heteroatoms. The number of methoxy groups -OCH3 is 2. The third-order valence-electron chi connectivity index (χ3n) is 3.60. The maximum atomic E-state index is 12.7. The number of rotatable bonds is 4. The molecule has 1 heterocycles. The quantitative estimate of drug-likeness (QED) is 0.783. The SMILES string of the molecule is COC(=O)[C@H]1C[C@@H](C)CN1S(=O)(=O)c1ccc(OC)cc1. The number of ether oxygens (including phenoxy) is 2. The zero-order valence-corrected chi connectivity index (χ0v) is 13.1. The van der Waals surface area contributed by atoms with E-state index in [2.05, 4.69) is 0 Å². The molecule has 0 N–H and O–H groups in total. The number of benzene rings is 1. The number of carbonyl (C=O) groups excluding carboxylic acids is 1. The standard InChI is InChI=1S/C14H19NO5S/c1-10-8-13(14(16)20-3)15(9-10)21(17,18)12-6-4-11(19-2)5-7-12/h4-7,10,13H,8-9H2,1-3H3/t10-,13-/m1/s1. The van der Waals surface area contributed by atoms with E-state index in [1.165, 1.54) is 30.7 Å². The average molecular weight is 313 g/mol. The normalized spacial score (nSPS) is 23.0. The molecule has 1 aromatic rings. The molecule has 2 rings (SSSR count). The van der Waals surface area contributed by atoms with Crippen molar-refractivity contribution in [2.75, 3.05) is 20.8 Å². The number of hydrogen-bond donors (Lipinski definition) is 0. The van der Waals surface area contributed by atoms with Gasteiger partial charge in [0.2, 0.25) is 10.0 Å². The Morgan fingerprint density at radius 2 is 1.86 bits per heavy atom. The smallest absolute Gasteiger partial charge is 0.324 e. The summed E-state index contributed by atoms with van der Waals surface area (Å²) in [5.74, 6) is 0.173. The van der Waals surface area contributed by atoms with E-state index in [9.17, 15) is 13.2 Å². The summed E-state index contributed by atoms with van der Waals surface area (Å²) in [6.45, 7) is 2.23. The average Bonchev–Trinajstić information content (AvgIpc) is 2.89. The Labute approximate surface area is 124 Å². The number of nitrogens with zero attached hydrogens (tertiary/aromatic N) is 1. The molecule has 1 aliphatic rings. The summed E-state index contributed by atoms with van der Waals surface area (Å²) in [6.07, 6.45) is 0.474. The summed E-state index contributed by atoms with van der Waals surface area (Å²) in [5.41, 5.74) is 0. The first-order valence-electron chi connectivity index (χ1n) is 6.64. The van der Waals surface area contributed by atoms with Gasteiger partial charge >= 0.3 is 5.97 Å². The Balaban J connectivity index is 2.34. The van der Waals surface area contributed by atoms with Gasteiger partial charge in [0, 0.05) is 6.54 Å². The van der Waals surface area contributed by atoms with E-state index in [1.54, 1.807) is 12.1 Å². The van der Waals surface area contributed by atoms with Crippen molar-refractivity contribution in [2.24, 2.45) is 5.92 Å². The van der Waals surface area contributed by atoms with Crippen LogP contribution in [0.4, 0.5) is 0 Å². The molecule has 0 radical (unpaired) electrons. The van der Waals surface area contributed by atoms with Crippen molar-refractivity contribution < 1.29 is 22.7 Å². The molecule has 0 saturated carbocycles. The molecular formula is C14H19NO5S. The number of sulfonamides is 1. The molecule has 0 aliphatic carbocycles. The van der Waals surface area contributed by atoms with E-state index in [4.69, 9.17) is 9.47 Å². The minimum Gasteiger partial charge on any atom is -0.497 e. The van der Waals surface area contributed by atoms with Crippen LogP contribution < -0.4 is 4.74 Å². The second-order valence-electron chi connectivity index (χ2n) is 5.13. The van der Waals surface area contributed by atoms with Crippen molar-refractivity contribution in [1.29, 1.82) is 0 Å². The predicted molar refractivity (Wildman–Crippen MR) is 76.5 cm³/mol. The van der Waals surface area contributed by atoms with Crippen LogP contribution in [0, 0.1) is 5.92 Å². The fraction of sp³-hybridized carbons (Fsp3) is 0.500. The topological polar surface area (TPSA) is 72.9 Å². The van der Waals surface area contributed by atoms with Gasteiger partial charge in [0.15, 0.2) is 0 Å². The van der Waals surface area contributed by atoms with Gasteiger partial charge in [-0.05, 0) is 36.6 Å². The lowest BCUT2D eigenvalue weighted by molar-refractivity contribution is -0.144. The summed E-state index contributed by atoms with van der Waals surface area (Å²) in [4.78, 5) is 11.9. The van der Waals surface area contributed by atoms with Crippen molar-refractivity contribution in [3.8, 4) is 5.75 Å². The van der Waals surface area contributed by atoms with Gasteiger partial charge in [0.1, 0.15) is 11.8 Å². The van der Waals surface area contributed by atoms with Gasteiger partial charge in [-0.1, -0.05) is 6.92 Å². The molecule has 1 aliphatic heterocycles. The van der Waals surface area contributed by atoms with Gasteiger partial charge in [0.05, 0.1) is 19.1 Å². The molecule has 0 bridgehead atoms. The molecule has 1 saturated heterocycles. The largest absolute Gasteiger partial charge is 0.497 e. The molecule has 1 aromatic carbocycles. The van der Waals surface area contributed by atoms with E-state index in [0.29, 0.717) is 18.7 Å². The number of carbonyl (C=O) groups is 1. The van der Waals surface area contributed by atoms with Crippen LogP contribution in [0.1, 0.15) is 13.3 Å². The van der Waals surface area contributed by atoms with Crippen LogP contribution in [0.2, 0.25) is 0 Å². The van der Waals surface area contributed by atoms with E-state index in [-0.39, 0.29) is 10.8 Å². The van der Waals surface area contributed by atoms with Crippen LogP contribution in [-0.2, 0) is 19.6 Å². The molecule has 0 spiro atoms. The second kappa shape index (κ2) is 6.03. The van der Waals surface area contributed by atoms with E-state index >= 15 is 0 Å². The van der Waals surface area contributed by atoms with Crippen molar-refractivity contribution >= 4 is 16.0 Å². The minimum atomic E-state index is -3.72. The maximum Gasteiger partial charge on any atom is 0.324 e. The summed E-state index contributed by atoms with van der Waals surface area (Å²) >= 11 is 0. The van der Waals surface area contributed by atoms with Crippen LogP contribution in [0.15, 0.2) is 29.2 Å². The molecule has 0 unspecified atom stereocenters. The highest BCUT2D eigenvalue weighted by Gasteiger charge is 2.43. The second-order valence-corrected chi connectivity index (χ2v) is 7.02. The van der Waals surface area contributed by atoms with E-state index in [0.717, 1.165) is 0 Å². The maximum absolute atomic E-state index is 12.7. The highest BCUT2D eigenvalue weighted by molar-refractivity contribution is 7.89. The van der Waals surface area contributed by atoms with Crippen molar-refractivity contribution in [1.82, 2.24) is 4.31 Å². The molecule has 6 nitrogen and oxygen atoms in total. The van der Waals surface area contributed by atoms with Crippen molar-refractivity contribution in [3.63, 3.8) is 0 Å². The number of hydrogen-bond acceptors (Lipinski definition) is 5. The summed E-state index contributed by atoms with van der Waals surface area (Å²) in [7, 11) is -0.944. The minimum absolute atomic E-state index is 0.113. The monoisotopic (exact) mass is 313 g/mol. The predicted octanol–water partition coefficient (Wildman–Crippen LogP) is 1.27. The Morgan fingerprint density at radius 3 is 2.38 bits per heavy atom. The third-order valence-corrected chi connectivity index (χ3v) is 5.49. The van der Waals surface area contributed by atoms with Gasteiger partial charge in [-0.25, -0.2) is 8.42 Å². The van der Waals surface area contributed by atoms with Crippen LogP contribution >= 0.6 is 0 Å². The summed E-state index contributed by atoms with van der Waals surface area (Å²) in [5, 5.41) is 0. The van der Waals surface area contributed by atoms with Gasteiger partial charge in [0.25, 0.3) is 0 Å². The van der Waals surface area contributed by atoms with Crippen LogP contribution in [0.3, 0.4) is 0 Å². The molecule has 2 atom stereocenters. The molecule has 116 valence electrons. The molecule has 1 fully saturated rings. The van der Waals surface area contributed by atoms with Crippen LogP contribution in [0.25, 0.3) is 0 Å². The Hall–Kier alpha value is -1.60. The van der Waals surface area contributed by atoms with Gasteiger partial charge in [-0.15, -0.1) is 0 Å². The molecule has 0 aromatic heterocycles. The zero-order chi connectivity index (χ0) is 15.6. The third kappa shape index (κ3) is 3.03. The lowest BCUT2D eigenvalue weighted by atomic mass is 10.1. The highest BCUT2D eigenvalue weighted by Crippen LogP contribution is 2.30. The van der Waals surface area contributed by atoms with E-state index in [1.807, 2.05) is 6.92 Å². The number of esters is 1. The molecule has 0 amide bonds.